The minimum atomic E-state index is -0.711. The van der Waals surface area contributed by atoms with Crippen molar-refractivity contribution in [2.75, 3.05) is 13.6 Å². The average molecular weight is 334 g/mol. The zero-order valence-electron chi connectivity index (χ0n) is 14.7. The number of ether oxygens (including phenoxy) is 1. The third kappa shape index (κ3) is 4.71. The van der Waals surface area contributed by atoms with Gasteiger partial charge in [-0.25, -0.2) is 4.79 Å². The molecule has 0 bridgehead atoms. The van der Waals surface area contributed by atoms with Gasteiger partial charge in [0.05, 0.1) is 12.6 Å². The summed E-state index contributed by atoms with van der Waals surface area (Å²) in [6.45, 7) is 5.89. The quantitative estimate of drug-likeness (QED) is 0.918. The van der Waals surface area contributed by atoms with E-state index in [1.165, 1.54) is 4.90 Å². The zero-order chi connectivity index (χ0) is 17.9. The van der Waals surface area contributed by atoms with Gasteiger partial charge in [-0.3, -0.25) is 9.69 Å². The minimum absolute atomic E-state index is 0.116. The molecule has 6 heteroatoms. The Hall–Kier alpha value is -2.08. The number of likely N-dealkylation sites (tertiary alicyclic amines) is 1. The smallest absolute Gasteiger partial charge is 0.411 e. The molecule has 1 aliphatic heterocycles. The fraction of sp³-hybridized carbons (Fsp3) is 0.556. The van der Waals surface area contributed by atoms with Crippen molar-refractivity contribution in [3.05, 3.63) is 35.9 Å². The molecule has 1 fully saturated rings. The maximum atomic E-state index is 12.7. The van der Waals surface area contributed by atoms with Crippen molar-refractivity contribution >= 4 is 12.0 Å². The van der Waals surface area contributed by atoms with E-state index in [1.807, 2.05) is 30.3 Å². The highest BCUT2D eigenvalue weighted by Crippen LogP contribution is 2.23. The van der Waals surface area contributed by atoms with E-state index in [1.54, 1.807) is 32.7 Å². The van der Waals surface area contributed by atoms with Gasteiger partial charge in [0.15, 0.2) is 0 Å². The van der Waals surface area contributed by atoms with Crippen molar-refractivity contribution < 1.29 is 19.4 Å². The molecule has 1 heterocycles. The van der Waals surface area contributed by atoms with Gasteiger partial charge in [-0.2, -0.15) is 0 Å². The van der Waals surface area contributed by atoms with Crippen LogP contribution in [0.1, 0.15) is 32.8 Å². The third-order valence-corrected chi connectivity index (χ3v) is 3.83. The van der Waals surface area contributed by atoms with E-state index < -0.39 is 23.8 Å². The minimum Gasteiger partial charge on any atom is -0.444 e. The van der Waals surface area contributed by atoms with Gasteiger partial charge in [0.2, 0.25) is 5.91 Å². The SMILES string of the molecule is CN(Cc1ccccc1)C(=O)[C@@H]1CC(O)CN1C(=O)OC(C)(C)C. The first-order valence-electron chi connectivity index (χ1n) is 8.14. The predicted octanol–water partition coefficient (Wildman–Crippen LogP) is 2.02. The van der Waals surface area contributed by atoms with Crippen LogP contribution in [0.5, 0.6) is 0 Å². The Bertz CT molecular complexity index is 582. The molecule has 1 aromatic rings. The summed E-state index contributed by atoms with van der Waals surface area (Å²) in [6, 6.07) is 8.95. The number of aliphatic hydroxyl groups excluding tert-OH is 1. The number of hydrogen-bond donors (Lipinski definition) is 1. The van der Waals surface area contributed by atoms with Crippen LogP contribution in [0.2, 0.25) is 0 Å². The van der Waals surface area contributed by atoms with Crippen LogP contribution >= 0.6 is 0 Å². The summed E-state index contributed by atoms with van der Waals surface area (Å²) in [6.07, 6.45) is -1.04. The molecule has 0 radical (unpaired) electrons. The van der Waals surface area contributed by atoms with Gasteiger partial charge >= 0.3 is 6.09 Å². The number of carbonyl (C=O) groups excluding carboxylic acids is 2. The molecule has 132 valence electrons. The molecule has 2 amide bonds. The molecule has 0 saturated carbocycles. The first-order valence-corrected chi connectivity index (χ1v) is 8.14. The van der Waals surface area contributed by atoms with Crippen LogP contribution in [0.25, 0.3) is 0 Å². The Labute approximate surface area is 143 Å². The van der Waals surface area contributed by atoms with Crippen molar-refractivity contribution in [3.8, 4) is 0 Å². The molecule has 1 N–H and O–H groups in total. The van der Waals surface area contributed by atoms with Crippen LogP contribution in [0.4, 0.5) is 4.79 Å². The van der Waals surface area contributed by atoms with Crippen molar-refractivity contribution in [1.82, 2.24) is 9.80 Å². The Morgan fingerprint density at radius 2 is 1.92 bits per heavy atom. The number of rotatable bonds is 3. The Morgan fingerprint density at radius 1 is 1.29 bits per heavy atom. The third-order valence-electron chi connectivity index (χ3n) is 3.83. The summed E-state index contributed by atoms with van der Waals surface area (Å²) in [5.74, 6) is -0.193. The molecular weight excluding hydrogens is 308 g/mol. The maximum absolute atomic E-state index is 12.7. The second-order valence-corrected chi connectivity index (χ2v) is 7.22. The number of aliphatic hydroxyl groups is 1. The second kappa shape index (κ2) is 7.21. The van der Waals surface area contributed by atoms with E-state index in [4.69, 9.17) is 4.74 Å². The van der Waals surface area contributed by atoms with Gasteiger partial charge in [0.25, 0.3) is 0 Å². The van der Waals surface area contributed by atoms with E-state index in [2.05, 4.69) is 0 Å². The molecule has 2 atom stereocenters. The summed E-state index contributed by atoms with van der Waals surface area (Å²) in [7, 11) is 1.70. The van der Waals surface area contributed by atoms with Crippen LogP contribution in [-0.4, -0.2) is 58.2 Å². The molecule has 24 heavy (non-hydrogen) atoms. The van der Waals surface area contributed by atoms with Crippen molar-refractivity contribution in [2.24, 2.45) is 0 Å². The highest BCUT2D eigenvalue weighted by molar-refractivity contribution is 5.86. The molecule has 1 unspecified atom stereocenters. The second-order valence-electron chi connectivity index (χ2n) is 7.22. The summed E-state index contributed by atoms with van der Waals surface area (Å²) in [5.41, 5.74) is 0.365. The van der Waals surface area contributed by atoms with E-state index in [9.17, 15) is 14.7 Å². The lowest BCUT2D eigenvalue weighted by atomic mass is 10.1. The van der Waals surface area contributed by atoms with Gasteiger partial charge in [-0.15, -0.1) is 0 Å². The molecule has 0 aromatic heterocycles. The van der Waals surface area contributed by atoms with E-state index in [-0.39, 0.29) is 18.9 Å². The topological polar surface area (TPSA) is 70.1 Å². The fourth-order valence-electron chi connectivity index (χ4n) is 2.76. The summed E-state index contributed by atoms with van der Waals surface area (Å²) in [4.78, 5) is 28.0. The van der Waals surface area contributed by atoms with Crippen LogP contribution in [0, 0.1) is 0 Å². The van der Waals surface area contributed by atoms with Gasteiger partial charge in [-0.05, 0) is 26.3 Å². The molecule has 1 aromatic carbocycles. The van der Waals surface area contributed by atoms with Gasteiger partial charge in [0, 0.05) is 20.0 Å². The Kier molecular flexibility index (Phi) is 5.49. The number of nitrogens with zero attached hydrogens (tertiary/aromatic N) is 2. The van der Waals surface area contributed by atoms with Crippen molar-refractivity contribution in [3.63, 3.8) is 0 Å². The average Bonchev–Trinajstić information content (AvgIpc) is 2.88. The van der Waals surface area contributed by atoms with E-state index >= 15 is 0 Å². The van der Waals surface area contributed by atoms with Gasteiger partial charge in [0.1, 0.15) is 11.6 Å². The number of carbonyl (C=O) groups is 2. The first kappa shape index (κ1) is 18.3. The highest BCUT2D eigenvalue weighted by Gasteiger charge is 2.41. The number of benzene rings is 1. The number of amides is 2. The summed E-state index contributed by atoms with van der Waals surface area (Å²) in [5, 5.41) is 9.92. The molecule has 0 spiro atoms. The van der Waals surface area contributed by atoms with Crippen molar-refractivity contribution in [2.45, 2.75) is 51.5 Å². The molecule has 1 aliphatic rings. The number of β-amino-alcohol motifs (C(OH)–C–C–N with tert-alkyl or cyclic N) is 1. The lowest BCUT2D eigenvalue weighted by Crippen LogP contribution is -2.47. The maximum Gasteiger partial charge on any atom is 0.411 e. The van der Waals surface area contributed by atoms with Crippen LogP contribution < -0.4 is 0 Å². The van der Waals surface area contributed by atoms with Gasteiger partial charge < -0.3 is 14.7 Å². The summed E-state index contributed by atoms with van der Waals surface area (Å²) >= 11 is 0. The zero-order valence-corrected chi connectivity index (χ0v) is 14.7. The lowest BCUT2D eigenvalue weighted by Gasteiger charge is -2.30. The molecular formula is C18H26N2O4. The van der Waals surface area contributed by atoms with Crippen molar-refractivity contribution in [1.29, 1.82) is 0 Å². The Morgan fingerprint density at radius 3 is 2.50 bits per heavy atom. The molecule has 1 saturated heterocycles. The standard InChI is InChI=1S/C18H26N2O4/c1-18(2,3)24-17(23)20-12-14(21)10-15(20)16(22)19(4)11-13-8-6-5-7-9-13/h5-9,14-15,21H,10-12H2,1-4H3/t14?,15-/m0/s1. The van der Waals surface area contributed by atoms with Gasteiger partial charge in [-0.1, -0.05) is 30.3 Å². The van der Waals surface area contributed by atoms with Crippen LogP contribution in [-0.2, 0) is 16.1 Å². The van der Waals surface area contributed by atoms with Crippen LogP contribution in [0.15, 0.2) is 30.3 Å². The Balaban J connectivity index is 2.06. The largest absolute Gasteiger partial charge is 0.444 e. The van der Waals surface area contributed by atoms with Crippen LogP contribution in [0.3, 0.4) is 0 Å². The normalized spacial score (nSPS) is 20.8. The molecule has 0 aliphatic carbocycles. The fourth-order valence-corrected chi connectivity index (χ4v) is 2.76. The van der Waals surface area contributed by atoms with E-state index in [0.717, 1.165) is 5.56 Å². The molecule has 6 nitrogen and oxygen atoms in total. The summed E-state index contributed by atoms with van der Waals surface area (Å²) < 4.78 is 5.35. The molecule has 2 rings (SSSR count). The lowest BCUT2D eigenvalue weighted by molar-refractivity contribution is -0.135. The predicted molar refractivity (Wildman–Crippen MR) is 90.3 cm³/mol. The number of likely N-dealkylation sites (N-methyl/N-ethyl adjacent to an activating group) is 1. The number of hydrogen-bond acceptors (Lipinski definition) is 4. The monoisotopic (exact) mass is 334 g/mol. The van der Waals surface area contributed by atoms with E-state index in [0.29, 0.717) is 6.54 Å². The highest BCUT2D eigenvalue weighted by atomic mass is 16.6. The first-order chi connectivity index (χ1) is 11.2.